The first kappa shape index (κ1) is 12.8. The van der Waals surface area contributed by atoms with E-state index in [0.717, 1.165) is 18.2 Å². The fraction of sp³-hybridized carbons (Fsp3) is 0.833. The number of rotatable bonds is 3. The number of ether oxygens (including phenoxy) is 1. The zero-order valence-corrected chi connectivity index (χ0v) is 11.6. The largest absolute Gasteiger partial charge is 0.374 e. The molecule has 0 aliphatic carbocycles. The van der Waals surface area contributed by atoms with Crippen LogP contribution in [0.5, 0.6) is 0 Å². The molecule has 2 heterocycles. The van der Waals surface area contributed by atoms with Crippen molar-refractivity contribution in [2.75, 3.05) is 0 Å². The number of nitrogens with zero attached hydrogens (tertiary/aromatic N) is 3. The summed E-state index contributed by atoms with van der Waals surface area (Å²) in [4.78, 5) is 0. The average molecular weight is 258 g/mol. The van der Waals surface area contributed by atoms with Gasteiger partial charge < -0.3 is 9.30 Å². The lowest BCUT2D eigenvalue weighted by Crippen LogP contribution is -2.20. The summed E-state index contributed by atoms with van der Waals surface area (Å²) >= 11 is 5.88. The molecule has 1 aromatic rings. The van der Waals surface area contributed by atoms with Crippen molar-refractivity contribution in [1.82, 2.24) is 14.8 Å². The lowest BCUT2D eigenvalue weighted by molar-refractivity contribution is 0.0551. The normalized spacial score (nSPS) is 33.2. The number of aromatic nitrogens is 3. The molecule has 0 N–H and O–H groups in total. The summed E-state index contributed by atoms with van der Waals surface area (Å²) in [5.41, 5.74) is 0. The second kappa shape index (κ2) is 4.94. The first-order valence-electron chi connectivity index (χ1n) is 6.23. The molecule has 0 radical (unpaired) electrons. The standard InChI is InChI=1S/C12H20ClN3O/c1-5-16-10(6-13)14-15-12(16)11-7(2)8(3)17-9(11)4/h7-9,11H,5-6H2,1-4H3. The molecule has 96 valence electrons. The molecule has 4 atom stereocenters. The van der Waals surface area contributed by atoms with Crippen LogP contribution in [0.3, 0.4) is 0 Å². The highest BCUT2D eigenvalue weighted by molar-refractivity contribution is 6.16. The second-order valence-electron chi connectivity index (χ2n) is 4.78. The van der Waals surface area contributed by atoms with Crippen molar-refractivity contribution in [3.05, 3.63) is 11.6 Å². The lowest BCUT2D eigenvalue weighted by Gasteiger charge is -2.18. The van der Waals surface area contributed by atoms with Gasteiger partial charge in [0.05, 0.1) is 24.0 Å². The number of hydrogen-bond acceptors (Lipinski definition) is 3. The molecule has 0 amide bonds. The van der Waals surface area contributed by atoms with Gasteiger partial charge in [0.2, 0.25) is 0 Å². The predicted molar refractivity (Wildman–Crippen MR) is 67.2 cm³/mol. The Morgan fingerprint density at radius 1 is 1.24 bits per heavy atom. The highest BCUT2D eigenvalue weighted by Gasteiger charge is 2.40. The van der Waals surface area contributed by atoms with Crippen LogP contribution in [0.4, 0.5) is 0 Å². The van der Waals surface area contributed by atoms with Gasteiger partial charge in [-0.1, -0.05) is 6.92 Å². The molecular formula is C12H20ClN3O. The van der Waals surface area contributed by atoms with Crippen LogP contribution in [-0.2, 0) is 17.2 Å². The van der Waals surface area contributed by atoms with Crippen LogP contribution in [0.15, 0.2) is 0 Å². The van der Waals surface area contributed by atoms with E-state index in [0.29, 0.717) is 17.7 Å². The van der Waals surface area contributed by atoms with Crippen molar-refractivity contribution >= 4 is 11.6 Å². The zero-order valence-electron chi connectivity index (χ0n) is 10.9. The first-order valence-corrected chi connectivity index (χ1v) is 6.77. The third-order valence-corrected chi connectivity index (χ3v) is 4.07. The van der Waals surface area contributed by atoms with Crippen LogP contribution in [0.1, 0.15) is 45.3 Å². The van der Waals surface area contributed by atoms with Crippen LogP contribution < -0.4 is 0 Å². The van der Waals surface area contributed by atoms with E-state index in [1.807, 2.05) is 0 Å². The van der Waals surface area contributed by atoms with E-state index in [9.17, 15) is 0 Å². The predicted octanol–water partition coefficient (Wildman–Crippen LogP) is 2.56. The Morgan fingerprint density at radius 2 is 1.94 bits per heavy atom. The van der Waals surface area contributed by atoms with Gasteiger partial charge in [-0.2, -0.15) is 0 Å². The van der Waals surface area contributed by atoms with Crippen molar-refractivity contribution < 1.29 is 4.74 Å². The summed E-state index contributed by atoms with van der Waals surface area (Å²) in [5, 5.41) is 8.49. The Hall–Kier alpha value is -0.610. The van der Waals surface area contributed by atoms with E-state index in [1.54, 1.807) is 0 Å². The minimum absolute atomic E-state index is 0.192. The minimum Gasteiger partial charge on any atom is -0.374 e. The monoisotopic (exact) mass is 257 g/mol. The molecule has 1 aliphatic heterocycles. The van der Waals surface area contributed by atoms with Gasteiger partial charge in [-0.05, 0) is 26.7 Å². The maximum Gasteiger partial charge on any atom is 0.147 e. The van der Waals surface area contributed by atoms with Gasteiger partial charge >= 0.3 is 0 Å². The summed E-state index contributed by atoms with van der Waals surface area (Å²) in [6, 6.07) is 0. The maximum atomic E-state index is 5.88. The summed E-state index contributed by atoms with van der Waals surface area (Å²) in [7, 11) is 0. The van der Waals surface area contributed by atoms with Gasteiger partial charge in [0.25, 0.3) is 0 Å². The van der Waals surface area contributed by atoms with Crippen molar-refractivity contribution in [1.29, 1.82) is 0 Å². The second-order valence-corrected chi connectivity index (χ2v) is 5.05. The Balaban J connectivity index is 2.36. The van der Waals surface area contributed by atoms with Crippen LogP contribution in [-0.4, -0.2) is 27.0 Å². The van der Waals surface area contributed by atoms with Crippen LogP contribution >= 0.6 is 11.6 Å². The third-order valence-electron chi connectivity index (χ3n) is 3.83. The van der Waals surface area contributed by atoms with Crippen LogP contribution in [0.2, 0.25) is 0 Å². The molecule has 0 aromatic carbocycles. The van der Waals surface area contributed by atoms with E-state index in [4.69, 9.17) is 16.3 Å². The fourth-order valence-electron chi connectivity index (χ4n) is 2.75. The van der Waals surface area contributed by atoms with E-state index in [2.05, 4.69) is 42.5 Å². The highest BCUT2D eigenvalue weighted by atomic mass is 35.5. The average Bonchev–Trinajstić information content (AvgIpc) is 2.81. The summed E-state index contributed by atoms with van der Waals surface area (Å²) in [6.07, 6.45) is 0.467. The molecule has 1 saturated heterocycles. The minimum atomic E-state index is 0.192. The molecule has 4 unspecified atom stereocenters. The zero-order chi connectivity index (χ0) is 12.6. The molecule has 1 fully saturated rings. The van der Waals surface area contributed by atoms with Crippen LogP contribution in [0, 0.1) is 5.92 Å². The van der Waals surface area contributed by atoms with E-state index >= 15 is 0 Å². The van der Waals surface area contributed by atoms with Gasteiger partial charge in [-0.3, -0.25) is 0 Å². The SMILES string of the molecule is CCn1c(CCl)nnc1C1C(C)OC(C)C1C. The van der Waals surface area contributed by atoms with Crippen molar-refractivity contribution in [2.45, 2.75) is 58.2 Å². The highest BCUT2D eigenvalue weighted by Crippen LogP contribution is 2.39. The van der Waals surface area contributed by atoms with Crippen molar-refractivity contribution in [3.8, 4) is 0 Å². The molecule has 2 rings (SSSR count). The maximum absolute atomic E-state index is 5.88. The van der Waals surface area contributed by atoms with E-state index < -0.39 is 0 Å². The molecule has 0 saturated carbocycles. The van der Waals surface area contributed by atoms with Crippen molar-refractivity contribution in [2.24, 2.45) is 5.92 Å². The summed E-state index contributed by atoms with van der Waals surface area (Å²) < 4.78 is 7.99. The third kappa shape index (κ3) is 2.08. The molecule has 4 nitrogen and oxygen atoms in total. The Kier molecular flexibility index (Phi) is 3.73. The van der Waals surface area contributed by atoms with Gasteiger partial charge in [0.1, 0.15) is 11.6 Å². The Morgan fingerprint density at radius 3 is 2.41 bits per heavy atom. The smallest absolute Gasteiger partial charge is 0.147 e. The topological polar surface area (TPSA) is 39.9 Å². The molecule has 5 heteroatoms. The molecule has 1 aromatic heterocycles. The lowest BCUT2D eigenvalue weighted by atomic mass is 9.89. The first-order chi connectivity index (χ1) is 8.10. The van der Waals surface area contributed by atoms with Gasteiger partial charge in [0.15, 0.2) is 0 Å². The number of alkyl halides is 1. The molecule has 17 heavy (non-hydrogen) atoms. The van der Waals surface area contributed by atoms with E-state index in [-0.39, 0.29) is 12.2 Å². The summed E-state index contributed by atoms with van der Waals surface area (Å²) in [6.45, 7) is 9.40. The quantitative estimate of drug-likeness (QED) is 0.782. The van der Waals surface area contributed by atoms with Gasteiger partial charge in [0, 0.05) is 6.54 Å². The molecule has 1 aliphatic rings. The number of hydrogen-bond donors (Lipinski definition) is 0. The van der Waals surface area contributed by atoms with E-state index in [1.165, 1.54) is 0 Å². The number of halogens is 1. The van der Waals surface area contributed by atoms with Crippen LogP contribution in [0.25, 0.3) is 0 Å². The van der Waals surface area contributed by atoms with Gasteiger partial charge in [-0.25, -0.2) is 0 Å². The van der Waals surface area contributed by atoms with Crippen molar-refractivity contribution in [3.63, 3.8) is 0 Å². The Bertz CT molecular complexity index is 393. The fourth-order valence-corrected chi connectivity index (χ4v) is 2.95. The molecule has 0 spiro atoms. The Labute approximate surface area is 107 Å². The van der Waals surface area contributed by atoms with Gasteiger partial charge in [-0.15, -0.1) is 21.8 Å². The molecular weight excluding hydrogens is 238 g/mol. The summed E-state index contributed by atoms with van der Waals surface area (Å²) in [5.74, 6) is 3.06. The molecule has 0 bridgehead atoms.